The molecule has 0 unspecified atom stereocenters. The molecule has 0 bridgehead atoms. The lowest BCUT2D eigenvalue weighted by Gasteiger charge is -2.11. The quantitative estimate of drug-likeness (QED) is 0.398. The highest BCUT2D eigenvalue weighted by Gasteiger charge is 2.10. The molecular formula is C18H19NO4. The first kappa shape index (κ1) is 16.5. The first-order valence-corrected chi connectivity index (χ1v) is 7.12. The summed E-state index contributed by atoms with van der Waals surface area (Å²) in [7, 11) is 2.94. The molecule has 0 fully saturated rings. The topological polar surface area (TPSA) is 68.1 Å². The highest BCUT2D eigenvalue weighted by Crippen LogP contribution is 2.28. The number of hydrogen-bond donors (Lipinski definition) is 1. The fourth-order valence-corrected chi connectivity index (χ4v) is 2.32. The first-order chi connectivity index (χ1) is 11.1. The Labute approximate surface area is 135 Å². The van der Waals surface area contributed by atoms with Crippen molar-refractivity contribution in [2.75, 3.05) is 14.2 Å². The summed E-state index contributed by atoms with van der Waals surface area (Å²) in [6.45, 7) is 1.70. The van der Waals surface area contributed by atoms with Gasteiger partial charge in [0.25, 0.3) is 0 Å². The number of oxime groups is 1. The van der Waals surface area contributed by atoms with Crippen LogP contribution in [0.5, 0.6) is 5.75 Å². The Hall–Kier alpha value is -2.82. The lowest BCUT2D eigenvalue weighted by Crippen LogP contribution is -2.04. The first-order valence-electron chi connectivity index (χ1n) is 7.12. The van der Waals surface area contributed by atoms with E-state index in [-0.39, 0.29) is 12.4 Å². The van der Waals surface area contributed by atoms with Gasteiger partial charge in [-0.2, -0.15) is 0 Å². The number of rotatable bonds is 5. The van der Waals surface area contributed by atoms with Crippen LogP contribution in [-0.2, 0) is 16.0 Å². The Morgan fingerprint density at radius 1 is 1.13 bits per heavy atom. The predicted octanol–water partition coefficient (Wildman–Crippen LogP) is 3.28. The molecule has 0 aromatic heterocycles. The molecule has 0 amide bonds. The third-order valence-corrected chi connectivity index (χ3v) is 3.58. The van der Waals surface area contributed by atoms with E-state index >= 15 is 0 Å². The molecule has 2 aromatic carbocycles. The molecule has 5 nitrogen and oxygen atoms in total. The smallest absolute Gasteiger partial charge is 0.309 e. The van der Waals surface area contributed by atoms with Gasteiger partial charge in [0.05, 0.1) is 26.4 Å². The molecule has 23 heavy (non-hydrogen) atoms. The number of carbonyl (C=O) groups is 1. The molecule has 0 spiro atoms. The molecule has 2 rings (SSSR count). The van der Waals surface area contributed by atoms with Gasteiger partial charge in [-0.3, -0.25) is 4.79 Å². The largest absolute Gasteiger partial charge is 0.496 e. The lowest BCUT2D eigenvalue weighted by molar-refractivity contribution is -0.139. The maximum absolute atomic E-state index is 11.4. The van der Waals surface area contributed by atoms with Crippen molar-refractivity contribution in [2.24, 2.45) is 5.16 Å². The summed E-state index contributed by atoms with van der Waals surface area (Å²) < 4.78 is 9.99. The molecule has 2 aromatic rings. The molecule has 1 N–H and O–H groups in total. The third kappa shape index (κ3) is 3.88. The fourth-order valence-electron chi connectivity index (χ4n) is 2.32. The van der Waals surface area contributed by atoms with Gasteiger partial charge in [0.15, 0.2) is 0 Å². The van der Waals surface area contributed by atoms with E-state index in [0.717, 1.165) is 16.7 Å². The van der Waals surface area contributed by atoms with Crippen LogP contribution in [0.3, 0.4) is 0 Å². The van der Waals surface area contributed by atoms with E-state index < -0.39 is 0 Å². The predicted molar refractivity (Wildman–Crippen MR) is 88.1 cm³/mol. The minimum absolute atomic E-state index is 0.227. The van der Waals surface area contributed by atoms with E-state index in [0.29, 0.717) is 17.0 Å². The van der Waals surface area contributed by atoms with Crippen LogP contribution in [0.4, 0.5) is 0 Å². The number of benzene rings is 2. The molecule has 0 aliphatic rings. The van der Waals surface area contributed by atoms with Crippen LogP contribution in [0.1, 0.15) is 18.1 Å². The summed E-state index contributed by atoms with van der Waals surface area (Å²) in [5.74, 6) is 0.357. The number of carbonyl (C=O) groups excluding carboxylic acids is 1. The minimum Gasteiger partial charge on any atom is -0.496 e. The van der Waals surface area contributed by atoms with Gasteiger partial charge in [0, 0.05) is 5.56 Å². The monoisotopic (exact) mass is 313 g/mol. The Kier molecular flexibility index (Phi) is 5.36. The molecule has 5 heteroatoms. The van der Waals surface area contributed by atoms with Crippen LogP contribution >= 0.6 is 0 Å². The van der Waals surface area contributed by atoms with Gasteiger partial charge in [-0.25, -0.2) is 0 Å². The molecule has 0 aliphatic carbocycles. The SMILES string of the molecule is COC(=O)Cc1cccc(-c2ccc(OC)c(C(C)=NO)c2)c1. The summed E-state index contributed by atoms with van der Waals surface area (Å²) in [6.07, 6.45) is 0.227. The fraction of sp³-hybridized carbons (Fsp3) is 0.222. The van der Waals surface area contributed by atoms with Crippen molar-refractivity contribution in [2.45, 2.75) is 13.3 Å². The summed E-state index contributed by atoms with van der Waals surface area (Å²) in [6, 6.07) is 13.3. The van der Waals surface area contributed by atoms with E-state index in [1.165, 1.54) is 7.11 Å². The third-order valence-electron chi connectivity index (χ3n) is 3.58. The van der Waals surface area contributed by atoms with Crippen molar-refractivity contribution < 1.29 is 19.5 Å². The Bertz CT molecular complexity index is 738. The van der Waals surface area contributed by atoms with Crippen molar-refractivity contribution >= 4 is 11.7 Å². The Morgan fingerprint density at radius 3 is 2.52 bits per heavy atom. The molecule has 0 atom stereocenters. The summed E-state index contributed by atoms with van der Waals surface area (Å²) in [5.41, 5.74) is 3.95. The maximum atomic E-state index is 11.4. The standard InChI is InChI=1S/C18H19NO4/c1-12(19-21)16-11-15(7-8-17(16)22-2)14-6-4-5-13(9-14)10-18(20)23-3/h4-9,11,21H,10H2,1-3H3. The maximum Gasteiger partial charge on any atom is 0.309 e. The van der Waals surface area contributed by atoms with E-state index in [1.807, 2.05) is 42.5 Å². The number of esters is 1. The zero-order chi connectivity index (χ0) is 16.8. The number of hydrogen-bond acceptors (Lipinski definition) is 5. The second-order valence-electron chi connectivity index (χ2n) is 5.05. The molecule has 120 valence electrons. The average molecular weight is 313 g/mol. The van der Waals surface area contributed by atoms with Crippen LogP contribution in [0.2, 0.25) is 0 Å². The van der Waals surface area contributed by atoms with Crippen molar-refractivity contribution in [3.63, 3.8) is 0 Å². The number of ether oxygens (including phenoxy) is 2. The molecule has 0 saturated carbocycles. The molecule has 0 heterocycles. The van der Waals surface area contributed by atoms with Crippen LogP contribution in [0.15, 0.2) is 47.6 Å². The van der Waals surface area contributed by atoms with Gasteiger partial charge in [0.2, 0.25) is 0 Å². The normalized spacial score (nSPS) is 11.2. The van der Waals surface area contributed by atoms with E-state index in [1.54, 1.807) is 14.0 Å². The highest BCUT2D eigenvalue weighted by molar-refractivity contribution is 6.01. The molecule has 0 aliphatic heterocycles. The van der Waals surface area contributed by atoms with Gasteiger partial charge in [-0.15, -0.1) is 0 Å². The average Bonchev–Trinajstić information content (AvgIpc) is 2.60. The Balaban J connectivity index is 2.42. The van der Waals surface area contributed by atoms with Gasteiger partial charge >= 0.3 is 5.97 Å². The lowest BCUT2D eigenvalue weighted by atomic mass is 9.98. The van der Waals surface area contributed by atoms with E-state index in [2.05, 4.69) is 5.16 Å². The summed E-state index contributed by atoms with van der Waals surface area (Å²) in [4.78, 5) is 11.4. The van der Waals surface area contributed by atoms with E-state index in [9.17, 15) is 4.79 Å². The zero-order valence-electron chi connectivity index (χ0n) is 13.4. The Morgan fingerprint density at radius 2 is 1.87 bits per heavy atom. The zero-order valence-corrected chi connectivity index (χ0v) is 13.4. The molecular weight excluding hydrogens is 294 g/mol. The molecule has 0 radical (unpaired) electrons. The van der Waals surface area contributed by atoms with Crippen molar-refractivity contribution in [1.29, 1.82) is 0 Å². The summed E-state index contributed by atoms with van der Waals surface area (Å²) in [5, 5.41) is 12.3. The van der Waals surface area contributed by atoms with Gasteiger partial charge in [0.1, 0.15) is 5.75 Å². The van der Waals surface area contributed by atoms with E-state index in [4.69, 9.17) is 14.7 Å². The number of methoxy groups -OCH3 is 2. The minimum atomic E-state index is -0.277. The van der Waals surface area contributed by atoms with Crippen LogP contribution in [0.25, 0.3) is 11.1 Å². The van der Waals surface area contributed by atoms with Crippen LogP contribution in [0, 0.1) is 0 Å². The van der Waals surface area contributed by atoms with Crippen molar-refractivity contribution in [3.05, 3.63) is 53.6 Å². The highest BCUT2D eigenvalue weighted by atomic mass is 16.5. The van der Waals surface area contributed by atoms with Crippen molar-refractivity contribution in [3.8, 4) is 16.9 Å². The van der Waals surface area contributed by atoms with Crippen LogP contribution in [-0.4, -0.2) is 31.1 Å². The van der Waals surface area contributed by atoms with Gasteiger partial charge in [-0.1, -0.05) is 35.5 Å². The second kappa shape index (κ2) is 7.45. The van der Waals surface area contributed by atoms with Gasteiger partial charge < -0.3 is 14.7 Å². The summed E-state index contributed by atoms with van der Waals surface area (Å²) >= 11 is 0. The van der Waals surface area contributed by atoms with Crippen LogP contribution < -0.4 is 4.74 Å². The second-order valence-corrected chi connectivity index (χ2v) is 5.05. The number of nitrogens with zero attached hydrogens (tertiary/aromatic N) is 1. The van der Waals surface area contributed by atoms with Crippen molar-refractivity contribution in [1.82, 2.24) is 0 Å². The molecule has 0 saturated heterocycles. The van der Waals surface area contributed by atoms with Gasteiger partial charge in [-0.05, 0) is 35.7 Å².